The minimum atomic E-state index is -2.95. The van der Waals surface area contributed by atoms with Gasteiger partial charge in [0, 0.05) is 0 Å². The van der Waals surface area contributed by atoms with Crippen LogP contribution < -0.4 is 10.5 Å². The van der Waals surface area contributed by atoms with Crippen molar-refractivity contribution < 1.29 is 23.0 Å². The Hall–Kier alpha value is -1.85. The summed E-state index contributed by atoms with van der Waals surface area (Å²) >= 11 is 0. The van der Waals surface area contributed by atoms with E-state index in [1.807, 2.05) is 0 Å². The van der Waals surface area contributed by atoms with Gasteiger partial charge in [0.1, 0.15) is 0 Å². The van der Waals surface area contributed by atoms with Crippen molar-refractivity contribution in [2.24, 2.45) is 0 Å². The molecule has 0 unspecified atom stereocenters. The number of nitrogens with two attached hydrogens (primary N) is 1. The molecule has 0 heterocycles. The molecule has 0 radical (unpaired) electrons. The van der Waals surface area contributed by atoms with Crippen LogP contribution in [0.2, 0.25) is 0 Å². The number of rotatable bonds is 5. The van der Waals surface area contributed by atoms with E-state index in [1.54, 1.807) is 19.9 Å². The Balaban J connectivity index is 2.97. The van der Waals surface area contributed by atoms with E-state index in [4.69, 9.17) is 10.5 Å². The Morgan fingerprint density at radius 2 is 2.11 bits per heavy atom. The lowest BCUT2D eigenvalue weighted by atomic mass is 10.0. The van der Waals surface area contributed by atoms with Crippen LogP contribution in [0.1, 0.15) is 18.1 Å². The van der Waals surface area contributed by atoms with Crippen molar-refractivity contribution in [2.45, 2.75) is 26.9 Å². The Morgan fingerprint density at radius 3 is 2.67 bits per heavy atom. The maximum absolute atomic E-state index is 12.2. The van der Waals surface area contributed by atoms with Crippen molar-refractivity contribution in [1.82, 2.24) is 0 Å². The first-order chi connectivity index (χ1) is 8.45. The van der Waals surface area contributed by atoms with E-state index in [0.29, 0.717) is 11.1 Å². The molecule has 1 rings (SSSR count). The molecule has 18 heavy (non-hydrogen) atoms. The van der Waals surface area contributed by atoms with Gasteiger partial charge in [0.05, 0.1) is 18.7 Å². The summed E-state index contributed by atoms with van der Waals surface area (Å²) in [5.74, 6) is -0.514. The van der Waals surface area contributed by atoms with Gasteiger partial charge < -0.3 is 15.2 Å². The van der Waals surface area contributed by atoms with Crippen LogP contribution in [0.5, 0.6) is 5.75 Å². The maximum atomic E-state index is 12.2. The molecule has 0 aliphatic heterocycles. The molecule has 2 N–H and O–H groups in total. The molecule has 0 spiro atoms. The van der Waals surface area contributed by atoms with Crippen molar-refractivity contribution in [3.63, 3.8) is 0 Å². The molecule has 4 nitrogen and oxygen atoms in total. The normalized spacial score (nSPS) is 10.5. The molecule has 1 aromatic rings. The van der Waals surface area contributed by atoms with Gasteiger partial charge in [0.2, 0.25) is 0 Å². The standard InChI is InChI=1S/C12H15F2NO3/c1-3-17-10(16)6-8-4-5-9(15)11(7(8)2)18-12(13)14/h4-5,12H,3,6,15H2,1-2H3. The fourth-order valence-electron chi connectivity index (χ4n) is 1.56. The van der Waals surface area contributed by atoms with Gasteiger partial charge in [0.25, 0.3) is 0 Å². The first kappa shape index (κ1) is 14.2. The minimum absolute atomic E-state index is 0.000445. The van der Waals surface area contributed by atoms with Crippen LogP contribution in [0.3, 0.4) is 0 Å². The summed E-state index contributed by atoms with van der Waals surface area (Å²) in [6, 6.07) is 3.03. The minimum Gasteiger partial charge on any atom is -0.466 e. The van der Waals surface area contributed by atoms with E-state index in [-0.39, 0.29) is 24.5 Å². The number of anilines is 1. The quantitative estimate of drug-likeness (QED) is 0.651. The number of hydrogen-bond acceptors (Lipinski definition) is 4. The van der Waals surface area contributed by atoms with E-state index >= 15 is 0 Å². The van der Waals surface area contributed by atoms with Gasteiger partial charge in [-0.25, -0.2) is 0 Å². The van der Waals surface area contributed by atoms with Gasteiger partial charge in [0.15, 0.2) is 5.75 Å². The largest absolute Gasteiger partial charge is 0.466 e. The lowest BCUT2D eigenvalue weighted by Gasteiger charge is -2.14. The predicted molar refractivity (Wildman–Crippen MR) is 62.6 cm³/mol. The molecular formula is C12H15F2NO3. The fourth-order valence-corrected chi connectivity index (χ4v) is 1.56. The average molecular weight is 259 g/mol. The second-order valence-electron chi connectivity index (χ2n) is 3.63. The molecular weight excluding hydrogens is 244 g/mol. The third-order valence-corrected chi connectivity index (χ3v) is 2.40. The zero-order valence-electron chi connectivity index (χ0n) is 10.2. The summed E-state index contributed by atoms with van der Waals surface area (Å²) in [7, 11) is 0. The second-order valence-corrected chi connectivity index (χ2v) is 3.63. The third-order valence-electron chi connectivity index (χ3n) is 2.40. The first-order valence-electron chi connectivity index (χ1n) is 5.44. The van der Waals surface area contributed by atoms with E-state index in [0.717, 1.165) is 0 Å². The number of benzene rings is 1. The number of carbonyl (C=O) groups is 1. The van der Waals surface area contributed by atoms with E-state index < -0.39 is 12.6 Å². The van der Waals surface area contributed by atoms with Crippen molar-refractivity contribution in [2.75, 3.05) is 12.3 Å². The molecule has 0 aromatic heterocycles. The summed E-state index contributed by atoms with van der Waals surface area (Å²) in [6.45, 7) is 0.582. The van der Waals surface area contributed by atoms with E-state index in [1.165, 1.54) is 6.07 Å². The molecule has 0 aliphatic rings. The summed E-state index contributed by atoms with van der Waals surface area (Å²) < 4.78 is 33.6. The molecule has 0 aliphatic carbocycles. The van der Waals surface area contributed by atoms with Crippen LogP contribution in [0, 0.1) is 6.92 Å². The molecule has 0 atom stereocenters. The number of alkyl halides is 2. The Labute approximate surface area is 104 Å². The summed E-state index contributed by atoms with van der Waals surface area (Å²) in [5, 5.41) is 0. The molecule has 0 amide bonds. The van der Waals surface area contributed by atoms with Crippen LogP contribution in [-0.4, -0.2) is 19.2 Å². The molecule has 0 fully saturated rings. The molecule has 0 saturated heterocycles. The van der Waals surface area contributed by atoms with Crippen molar-refractivity contribution in [1.29, 1.82) is 0 Å². The van der Waals surface area contributed by atoms with Crippen molar-refractivity contribution >= 4 is 11.7 Å². The van der Waals surface area contributed by atoms with Gasteiger partial charge in [-0.3, -0.25) is 4.79 Å². The topological polar surface area (TPSA) is 61.5 Å². The maximum Gasteiger partial charge on any atom is 0.387 e. The van der Waals surface area contributed by atoms with Crippen LogP contribution in [0.4, 0.5) is 14.5 Å². The Bertz CT molecular complexity index is 436. The molecule has 1 aromatic carbocycles. The van der Waals surface area contributed by atoms with Crippen LogP contribution in [0.25, 0.3) is 0 Å². The lowest BCUT2D eigenvalue weighted by molar-refractivity contribution is -0.142. The smallest absolute Gasteiger partial charge is 0.387 e. The Morgan fingerprint density at radius 1 is 1.44 bits per heavy atom. The fraction of sp³-hybridized carbons (Fsp3) is 0.417. The predicted octanol–water partition coefficient (Wildman–Crippen LogP) is 2.28. The third kappa shape index (κ3) is 3.58. The van der Waals surface area contributed by atoms with Crippen molar-refractivity contribution in [3.05, 3.63) is 23.3 Å². The molecule has 0 bridgehead atoms. The first-order valence-corrected chi connectivity index (χ1v) is 5.44. The molecule has 100 valence electrons. The Kier molecular flexibility index (Phi) is 4.88. The van der Waals surface area contributed by atoms with E-state index in [9.17, 15) is 13.6 Å². The average Bonchev–Trinajstić information content (AvgIpc) is 2.28. The van der Waals surface area contributed by atoms with Crippen LogP contribution in [-0.2, 0) is 16.0 Å². The zero-order chi connectivity index (χ0) is 13.7. The number of hydrogen-bond donors (Lipinski definition) is 1. The van der Waals surface area contributed by atoms with Crippen molar-refractivity contribution in [3.8, 4) is 5.75 Å². The van der Waals surface area contributed by atoms with Crippen LogP contribution >= 0.6 is 0 Å². The lowest BCUT2D eigenvalue weighted by Crippen LogP contribution is -2.11. The van der Waals surface area contributed by atoms with Gasteiger partial charge in [-0.1, -0.05) is 6.07 Å². The highest BCUT2D eigenvalue weighted by molar-refractivity contribution is 5.74. The number of carbonyl (C=O) groups excluding carboxylic acids is 1. The highest BCUT2D eigenvalue weighted by atomic mass is 19.3. The summed E-state index contributed by atoms with van der Waals surface area (Å²) in [5.41, 5.74) is 6.64. The number of halogens is 2. The number of ether oxygens (including phenoxy) is 2. The van der Waals surface area contributed by atoms with Gasteiger partial charge >= 0.3 is 12.6 Å². The summed E-state index contributed by atoms with van der Waals surface area (Å²) in [4.78, 5) is 11.3. The molecule has 6 heteroatoms. The van der Waals surface area contributed by atoms with Gasteiger partial charge in [-0.15, -0.1) is 0 Å². The molecule has 0 saturated carbocycles. The van der Waals surface area contributed by atoms with Crippen LogP contribution in [0.15, 0.2) is 12.1 Å². The van der Waals surface area contributed by atoms with E-state index in [2.05, 4.69) is 4.74 Å². The monoisotopic (exact) mass is 259 g/mol. The zero-order valence-corrected chi connectivity index (χ0v) is 10.2. The number of esters is 1. The SMILES string of the molecule is CCOC(=O)Cc1ccc(N)c(OC(F)F)c1C. The highest BCUT2D eigenvalue weighted by Gasteiger charge is 2.15. The second kappa shape index (κ2) is 6.18. The van der Waals surface area contributed by atoms with Gasteiger partial charge in [-0.2, -0.15) is 8.78 Å². The highest BCUT2D eigenvalue weighted by Crippen LogP contribution is 2.30. The number of nitrogen functional groups attached to an aromatic ring is 1. The summed E-state index contributed by atoms with van der Waals surface area (Å²) in [6.07, 6.45) is -0.000445. The van der Waals surface area contributed by atoms with Gasteiger partial charge in [-0.05, 0) is 31.0 Å².